The van der Waals surface area contributed by atoms with Gasteiger partial charge in [0.05, 0.1) is 0 Å². The number of nitrogens with zero attached hydrogens (tertiary/aromatic N) is 2. The van der Waals surface area contributed by atoms with Crippen molar-refractivity contribution in [2.45, 2.75) is 44.5 Å². The molecule has 0 aliphatic rings. The fraction of sp³-hybridized carbons (Fsp3) is 0.412. The average Bonchev–Trinajstić information content (AvgIpc) is 2.41. The lowest BCUT2D eigenvalue weighted by Crippen LogP contribution is -1.99. The summed E-state index contributed by atoms with van der Waals surface area (Å²) in [5, 5.41) is 1.12. The van der Waals surface area contributed by atoms with Gasteiger partial charge in [-0.25, -0.2) is 4.98 Å². The highest BCUT2D eigenvalue weighted by Crippen LogP contribution is 2.40. The summed E-state index contributed by atoms with van der Waals surface area (Å²) in [5.41, 5.74) is 5.96. The Kier molecular flexibility index (Phi) is 5.71. The molecule has 0 amide bonds. The van der Waals surface area contributed by atoms with Gasteiger partial charge in [0.15, 0.2) is 0 Å². The molecule has 0 aliphatic heterocycles. The summed E-state index contributed by atoms with van der Waals surface area (Å²) in [5.74, 6) is 2.09. The van der Waals surface area contributed by atoms with E-state index in [-0.39, 0.29) is 0 Å². The maximum absolute atomic E-state index is 4.67. The molecule has 21 heavy (non-hydrogen) atoms. The summed E-state index contributed by atoms with van der Waals surface area (Å²) < 4.78 is 0. The van der Waals surface area contributed by atoms with Crippen molar-refractivity contribution in [2.75, 3.05) is 11.5 Å². The minimum Gasteiger partial charge on any atom is -0.258 e. The van der Waals surface area contributed by atoms with Crippen LogP contribution in [0.1, 0.15) is 30.8 Å². The van der Waals surface area contributed by atoms with E-state index in [4.69, 9.17) is 0 Å². The first-order valence-corrected chi connectivity index (χ1v) is 9.25. The molecule has 2 nitrogen and oxygen atoms in total. The monoisotopic (exact) mass is 318 g/mol. The van der Waals surface area contributed by atoms with Crippen LogP contribution in [-0.2, 0) is 0 Å². The van der Waals surface area contributed by atoms with Crippen LogP contribution >= 0.6 is 23.5 Å². The molecule has 112 valence electrons. The first-order chi connectivity index (χ1) is 10.1. The molecule has 0 bridgehead atoms. The number of hydrogen-bond acceptors (Lipinski definition) is 4. The molecule has 2 aromatic rings. The zero-order valence-electron chi connectivity index (χ0n) is 13.4. The van der Waals surface area contributed by atoms with Crippen molar-refractivity contribution < 1.29 is 0 Å². The number of pyridine rings is 2. The van der Waals surface area contributed by atoms with Gasteiger partial charge in [-0.15, -0.1) is 23.5 Å². The van der Waals surface area contributed by atoms with Crippen LogP contribution in [0.25, 0.3) is 11.1 Å². The third kappa shape index (κ3) is 3.61. The minimum absolute atomic E-state index is 1.03. The summed E-state index contributed by atoms with van der Waals surface area (Å²) in [6, 6.07) is 4.29. The zero-order chi connectivity index (χ0) is 15.4. The fourth-order valence-corrected chi connectivity index (χ4v) is 4.22. The lowest BCUT2D eigenvalue weighted by molar-refractivity contribution is 1.06. The molecule has 0 spiro atoms. The highest BCUT2D eigenvalue weighted by atomic mass is 32.2. The molecule has 2 aromatic heterocycles. The van der Waals surface area contributed by atoms with E-state index in [1.807, 2.05) is 18.0 Å². The molecule has 0 aliphatic carbocycles. The van der Waals surface area contributed by atoms with E-state index in [1.54, 1.807) is 11.8 Å². The van der Waals surface area contributed by atoms with Crippen molar-refractivity contribution >= 4 is 23.5 Å². The van der Waals surface area contributed by atoms with Gasteiger partial charge in [0.2, 0.25) is 0 Å². The van der Waals surface area contributed by atoms with E-state index < -0.39 is 0 Å². The molecule has 0 saturated heterocycles. The third-order valence-electron chi connectivity index (χ3n) is 3.23. The minimum atomic E-state index is 1.03. The van der Waals surface area contributed by atoms with Gasteiger partial charge in [0.25, 0.3) is 0 Å². The topological polar surface area (TPSA) is 25.8 Å². The van der Waals surface area contributed by atoms with Crippen LogP contribution in [0.5, 0.6) is 0 Å². The normalized spacial score (nSPS) is 10.9. The van der Waals surface area contributed by atoms with Gasteiger partial charge < -0.3 is 0 Å². The van der Waals surface area contributed by atoms with Gasteiger partial charge in [0, 0.05) is 33.6 Å². The molecule has 0 N–H and O–H groups in total. The first kappa shape index (κ1) is 16.4. The molecular formula is C17H22N2S2. The summed E-state index contributed by atoms with van der Waals surface area (Å²) >= 11 is 3.68. The Hall–Kier alpha value is -1.00. The van der Waals surface area contributed by atoms with Gasteiger partial charge in [-0.2, -0.15) is 0 Å². The van der Waals surface area contributed by atoms with Crippen LogP contribution in [0.15, 0.2) is 28.3 Å². The van der Waals surface area contributed by atoms with E-state index in [0.29, 0.717) is 0 Å². The third-order valence-corrected chi connectivity index (χ3v) is 5.05. The molecular weight excluding hydrogens is 296 g/mol. The second kappa shape index (κ2) is 7.32. The van der Waals surface area contributed by atoms with Crippen molar-refractivity contribution in [1.29, 1.82) is 0 Å². The molecule has 0 aromatic carbocycles. The molecule has 2 heterocycles. The smallest absolute Gasteiger partial charge is 0.105 e. The van der Waals surface area contributed by atoms with Gasteiger partial charge in [-0.05, 0) is 50.0 Å². The van der Waals surface area contributed by atoms with E-state index in [1.165, 1.54) is 21.6 Å². The van der Waals surface area contributed by atoms with Crippen LogP contribution < -0.4 is 0 Å². The van der Waals surface area contributed by atoms with Gasteiger partial charge >= 0.3 is 0 Å². The summed E-state index contributed by atoms with van der Waals surface area (Å²) in [4.78, 5) is 10.6. The average molecular weight is 319 g/mol. The Bertz CT molecular complexity index is 591. The second-order valence-corrected chi connectivity index (χ2v) is 7.45. The summed E-state index contributed by atoms with van der Waals surface area (Å²) in [7, 11) is 0. The van der Waals surface area contributed by atoms with Crippen LogP contribution in [0, 0.1) is 20.8 Å². The fourth-order valence-electron chi connectivity index (χ4n) is 2.58. The molecule has 0 saturated carbocycles. The number of rotatable bonds is 5. The molecule has 0 radical (unpaired) electrons. The van der Waals surface area contributed by atoms with Crippen molar-refractivity contribution in [3.05, 3.63) is 35.3 Å². The number of aromatic nitrogens is 2. The Morgan fingerprint density at radius 3 is 2.33 bits per heavy atom. The molecule has 4 heteroatoms. The van der Waals surface area contributed by atoms with Crippen molar-refractivity contribution in [3.8, 4) is 11.1 Å². The number of aryl methyl sites for hydroxylation is 3. The Morgan fingerprint density at radius 2 is 1.71 bits per heavy atom. The Labute approximate surface area is 136 Å². The Morgan fingerprint density at radius 1 is 1.00 bits per heavy atom. The highest BCUT2D eigenvalue weighted by Gasteiger charge is 2.17. The van der Waals surface area contributed by atoms with Crippen molar-refractivity contribution in [2.24, 2.45) is 0 Å². The van der Waals surface area contributed by atoms with E-state index in [2.05, 4.69) is 56.7 Å². The molecule has 0 unspecified atom stereocenters. The largest absolute Gasteiger partial charge is 0.258 e. The predicted molar refractivity (Wildman–Crippen MR) is 94.5 cm³/mol. The maximum Gasteiger partial charge on any atom is 0.105 e. The van der Waals surface area contributed by atoms with Crippen LogP contribution in [0.3, 0.4) is 0 Å². The molecule has 2 rings (SSSR count). The van der Waals surface area contributed by atoms with E-state index in [9.17, 15) is 0 Å². The van der Waals surface area contributed by atoms with Gasteiger partial charge in [0.1, 0.15) is 5.03 Å². The standard InChI is InChI=1S/C17H22N2S2/c1-6-20-14-8-9-18-17(21-7-2)16(14)15-11(3)10-12(4)19-13(15)5/h8-10H,6-7H2,1-5H3. The van der Waals surface area contributed by atoms with E-state index >= 15 is 0 Å². The zero-order valence-corrected chi connectivity index (χ0v) is 15.0. The quantitative estimate of drug-likeness (QED) is 0.699. The summed E-state index contributed by atoms with van der Waals surface area (Å²) in [6.07, 6.45) is 1.92. The second-order valence-electron chi connectivity index (χ2n) is 4.90. The van der Waals surface area contributed by atoms with Gasteiger partial charge in [-0.3, -0.25) is 4.98 Å². The van der Waals surface area contributed by atoms with Crippen LogP contribution in [0.2, 0.25) is 0 Å². The first-order valence-electron chi connectivity index (χ1n) is 7.28. The van der Waals surface area contributed by atoms with Crippen LogP contribution in [-0.4, -0.2) is 21.5 Å². The molecule has 0 atom stereocenters. The summed E-state index contributed by atoms with van der Waals surface area (Å²) in [6.45, 7) is 10.7. The van der Waals surface area contributed by atoms with Crippen molar-refractivity contribution in [3.63, 3.8) is 0 Å². The van der Waals surface area contributed by atoms with Crippen LogP contribution in [0.4, 0.5) is 0 Å². The Balaban J connectivity index is 2.71. The predicted octanol–water partition coefficient (Wildman–Crippen LogP) is 5.29. The molecule has 0 fully saturated rings. The number of thioether (sulfide) groups is 2. The van der Waals surface area contributed by atoms with Gasteiger partial charge in [-0.1, -0.05) is 13.8 Å². The van der Waals surface area contributed by atoms with Crippen molar-refractivity contribution in [1.82, 2.24) is 9.97 Å². The van der Waals surface area contributed by atoms with E-state index in [0.717, 1.165) is 27.9 Å². The maximum atomic E-state index is 4.67. The lowest BCUT2D eigenvalue weighted by atomic mass is 10.00. The SMILES string of the molecule is CCSc1ccnc(SCC)c1-c1c(C)cc(C)nc1C. The lowest BCUT2D eigenvalue weighted by Gasteiger charge is -2.17. The highest BCUT2D eigenvalue weighted by molar-refractivity contribution is 8.00. The number of hydrogen-bond donors (Lipinski definition) is 0.